The van der Waals surface area contributed by atoms with Gasteiger partial charge in [0.15, 0.2) is 5.82 Å². The third-order valence-electron chi connectivity index (χ3n) is 3.41. The number of nitrogens with one attached hydrogen (secondary N) is 1. The number of carbonyl (C=O) groups excluding carboxylic acids is 1. The second kappa shape index (κ2) is 8.52. The van der Waals surface area contributed by atoms with Crippen molar-refractivity contribution < 1.29 is 14.3 Å². The molecule has 0 radical (unpaired) electrons. The van der Waals surface area contributed by atoms with Gasteiger partial charge < -0.3 is 9.47 Å². The zero-order chi connectivity index (χ0) is 18.2. The number of carbonyl (C=O) groups is 1. The molecule has 132 valence electrons. The van der Waals surface area contributed by atoms with Gasteiger partial charge in [-0.2, -0.15) is 0 Å². The molecule has 1 N–H and O–H groups in total. The van der Waals surface area contributed by atoms with E-state index in [0.717, 1.165) is 5.56 Å². The van der Waals surface area contributed by atoms with Crippen LogP contribution in [0.25, 0.3) is 11.5 Å². The van der Waals surface area contributed by atoms with E-state index in [1.54, 1.807) is 50.0 Å². The Balaban J connectivity index is 1.51. The molecule has 0 spiro atoms. The van der Waals surface area contributed by atoms with Gasteiger partial charge in [0.2, 0.25) is 5.88 Å². The number of hydrogen-bond donors (Lipinski definition) is 1. The van der Waals surface area contributed by atoms with Crippen LogP contribution in [0.4, 0.5) is 10.6 Å². The lowest BCUT2D eigenvalue weighted by Crippen LogP contribution is -2.16. The Bertz CT molecular complexity index is 856. The van der Waals surface area contributed by atoms with Crippen LogP contribution in [0.5, 0.6) is 5.88 Å². The summed E-state index contributed by atoms with van der Waals surface area (Å²) in [7, 11) is 1.56. The first kappa shape index (κ1) is 17.3. The summed E-state index contributed by atoms with van der Waals surface area (Å²) in [6.07, 6.45) is 4.85. The first-order chi connectivity index (χ1) is 12.7. The third-order valence-corrected chi connectivity index (χ3v) is 3.41. The van der Waals surface area contributed by atoms with Crippen LogP contribution in [0.1, 0.15) is 5.56 Å². The number of pyridine rings is 2. The molecule has 3 aromatic rings. The minimum absolute atomic E-state index is 0.220. The van der Waals surface area contributed by atoms with Crippen LogP contribution in [0.15, 0.2) is 55.0 Å². The molecular weight excluding hydrogens is 334 g/mol. The summed E-state index contributed by atoms with van der Waals surface area (Å²) in [6.45, 7) is 0.220. The molecule has 8 nitrogen and oxygen atoms in total. The Hall–Kier alpha value is -3.55. The van der Waals surface area contributed by atoms with E-state index in [9.17, 15) is 4.79 Å². The Morgan fingerprint density at radius 3 is 2.73 bits per heavy atom. The molecule has 0 aromatic carbocycles. The van der Waals surface area contributed by atoms with Crippen molar-refractivity contribution in [2.24, 2.45) is 0 Å². The van der Waals surface area contributed by atoms with Crippen molar-refractivity contribution >= 4 is 11.9 Å². The molecule has 0 aliphatic rings. The highest BCUT2D eigenvalue weighted by Gasteiger charge is 2.08. The predicted octanol–water partition coefficient (Wildman–Crippen LogP) is 2.73. The molecule has 0 atom stereocenters. The fraction of sp³-hybridized carbons (Fsp3) is 0.167. The Morgan fingerprint density at radius 2 is 2.00 bits per heavy atom. The van der Waals surface area contributed by atoms with Gasteiger partial charge in [-0.3, -0.25) is 10.3 Å². The zero-order valence-electron chi connectivity index (χ0n) is 14.1. The molecule has 0 fully saturated rings. The predicted molar refractivity (Wildman–Crippen MR) is 94.7 cm³/mol. The topological polar surface area (TPSA) is 99.1 Å². The van der Waals surface area contributed by atoms with Crippen LogP contribution in [-0.2, 0) is 11.2 Å². The van der Waals surface area contributed by atoms with Gasteiger partial charge in [-0.05, 0) is 23.8 Å². The van der Waals surface area contributed by atoms with E-state index in [4.69, 9.17) is 9.47 Å². The van der Waals surface area contributed by atoms with E-state index >= 15 is 0 Å². The molecule has 3 rings (SSSR count). The van der Waals surface area contributed by atoms with Crippen LogP contribution >= 0.6 is 0 Å². The minimum Gasteiger partial charge on any atom is -0.481 e. The Morgan fingerprint density at radius 1 is 1.08 bits per heavy atom. The van der Waals surface area contributed by atoms with E-state index in [0.29, 0.717) is 29.6 Å². The molecule has 3 heterocycles. The fourth-order valence-electron chi connectivity index (χ4n) is 2.13. The largest absolute Gasteiger partial charge is 0.481 e. The number of ether oxygens (including phenoxy) is 2. The molecule has 0 aliphatic heterocycles. The van der Waals surface area contributed by atoms with Gasteiger partial charge in [0.05, 0.1) is 13.7 Å². The van der Waals surface area contributed by atoms with Crippen LogP contribution in [0, 0.1) is 0 Å². The Kier molecular flexibility index (Phi) is 5.66. The molecule has 0 bridgehead atoms. The average Bonchev–Trinajstić information content (AvgIpc) is 2.69. The number of hydrogen-bond acceptors (Lipinski definition) is 7. The van der Waals surface area contributed by atoms with E-state index in [1.807, 2.05) is 12.1 Å². The maximum Gasteiger partial charge on any atom is 0.412 e. The minimum atomic E-state index is -0.586. The van der Waals surface area contributed by atoms with E-state index in [2.05, 4.69) is 25.3 Å². The second-order valence-electron chi connectivity index (χ2n) is 5.20. The summed E-state index contributed by atoms with van der Waals surface area (Å²) in [5.41, 5.74) is 1.56. The monoisotopic (exact) mass is 351 g/mol. The van der Waals surface area contributed by atoms with Crippen molar-refractivity contribution in [1.29, 1.82) is 0 Å². The first-order valence-corrected chi connectivity index (χ1v) is 7.92. The number of nitrogens with zero attached hydrogens (tertiary/aromatic N) is 4. The van der Waals surface area contributed by atoms with Crippen LogP contribution in [0.2, 0.25) is 0 Å². The molecule has 0 saturated heterocycles. The summed E-state index contributed by atoms with van der Waals surface area (Å²) < 4.78 is 10.2. The van der Waals surface area contributed by atoms with Gasteiger partial charge >= 0.3 is 6.09 Å². The lowest BCUT2D eigenvalue weighted by atomic mass is 10.2. The van der Waals surface area contributed by atoms with E-state index in [-0.39, 0.29) is 6.61 Å². The molecule has 26 heavy (non-hydrogen) atoms. The van der Waals surface area contributed by atoms with Gasteiger partial charge in [-0.25, -0.2) is 19.7 Å². The van der Waals surface area contributed by atoms with Gasteiger partial charge in [0.25, 0.3) is 0 Å². The molecular formula is C18H17N5O3. The smallest absolute Gasteiger partial charge is 0.412 e. The number of methoxy groups -OCH3 is 1. The van der Waals surface area contributed by atoms with Crippen molar-refractivity contribution in [1.82, 2.24) is 19.9 Å². The van der Waals surface area contributed by atoms with Gasteiger partial charge in [-0.15, -0.1) is 0 Å². The van der Waals surface area contributed by atoms with Gasteiger partial charge in [0.1, 0.15) is 11.5 Å². The van der Waals surface area contributed by atoms with Gasteiger partial charge in [0, 0.05) is 31.1 Å². The molecule has 1 amide bonds. The molecule has 0 unspecified atom stereocenters. The summed E-state index contributed by atoms with van der Waals surface area (Å²) in [6, 6.07) is 10.7. The van der Waals surface area contributed by atoms with E-state index in [1.165, 1.54) is 0 Å². The lowest BCUT2D eigenvalue weighted by Gasteiger charge is -2.07. The number of anilines is 1. The summed E-state index contributed by atoms with van der Waals surface area (Å²) in [4.78, 5) is 28.6. The standard InChI is InChI=1S/C18H17N5O3/c1-25-16-6-5-13(12-21-16)8-11-26-18(24)23-15-7-10-20-17(22-15)14-4-2-3-9-19-14/h2-7,9-10,12H,8,11H2,1H3,(H,20,22,23,24). The molecule has 0 aliphatic carbocycles. The summed E-state index contributed by atoms with van der Waals surface area (Å²) in [5, 5.41) is 2.58. The quantitative estimate of drug-likeness (QED) is 0.729. The highest BCUT2D eigenvalue weighted by atomic mass is 16.5. The van der Waals surface area contributed by atoms with Gasteiger partial charge in [-0.1, -0.05) is 12.1 Å². The first-order valence-electron chi connectivity index (χ1n) is 7.92. The second-order valence-corrected chi connectivity index (χ2v) is 5.20. The van der Waals surface area contributed by atoms with Crippen molar-refractivity contribution in [2.75, 3.05) is 19.0 Å². The average molecular weight is 351 g/mol. The van der Waals surface area contributed by atoms with Crippen LogP contribution in [0.3, 0.4) is 0 Å². The normalized spacial score (nSPS) is 10.2. The highest BCUT2D eigenvalue weighted by molar-refractivity contribution is 5.83. The molecule has 8 heteroatoms. The Labute approximate surface area is 150 Å². The SMILES string of the molecule is COc1ccc(CCOC(=O)Nc2ccnc(-c3ccccn3)n2)cn1. The highest BCUT2D eigenvalue weighted by Crippen LogP contribution is 2.13. The van der Waals surface area contributed by atoms with Crippen molar-refractivity contribution in [3.63, 3.8) is 0 Å². The number of aromatic nitrogens is 4. The summed E-state index contributed by atoms with van der Waals surface area (Å²) >= 11 is 0. The molecule has 3 aromatic heterocycles. The van der Waals surface area contributed by atoms with Crippen molar-refractivity contribution in [3.8, 4) is 17.4 Å². The van der Waals surface area contributed by atoms with E-state index < -0.39 is 6.09 Å². The van der Waals surface area contributed by atoms with Crippen molar-refractivity contribution in [2.45, 2.75) is 6.42 Å². The summed E-state index contributed by atoms with van der Waals surface area (Å²) in [5.74, 6) is 1.31. The fourth-order valence-corrected chi connectivity index (χ4v) is 2.13. The lowest BCUT2D eigenvalue weighted by molar-refractivity contribution is 0.163. The maximum atomic E-state index is 11.9. The van der Waals surface area contributed by atoms with Crippen LogP contribution in [-0.4, -0.2) is 39.7 Å². The zero-order valence-corrected chi connectivity index (χ0v) is 14.1. The molecule has 0 saturated carbocycles. The van der Waals surface area contributed by atoms with Crippen LogP contribution < -0.4 is 10.1 Å². The number of amides is 1. The number of rotatable bonds is 6. The maximum absolute atomic E-state index is 11.9. The third kappa shape index (κ3) is 4.73. The van der Waals surface area contributed by atoms with Crippen molar-refractivity contribution in [3.05, 3.63) is 60.6 Å².